The number of morpholine rings is 1. The van der Waals surface area contributed by atoms with Gasteiger partial charge in [0.2, 0.25) is 0 Å². The normalized spacial score (nSPS) is 15.6. The third-order valence-electron chi connectivity index (χ3n) is 4.24. The van der Waals surface area contributed by atoms with Crippen molar-refractivity contribution in [2.24, 2.45) is 0 Å². The van der Waals surface area contributed by atoms with Gasteiger partial charge in [-0.15, -0.1) is 0 Å². The Morgan fingerprint density at radius 3 is 2.92 bits per heavy atom. The van der Waals surface area contributed by atoms with E-state index in [1.54, 1.807) is 23.0 Å². The maximum atomic E-state index is 13.5. The highest BCUT2D eigenvalue weighted by Gasteiger charge is 2.13. The predicted molar refractivity (Wildman–Crippen MR) is 92.4 cm³/mol. The molecular formula is C17H19FN6O. The zero-order chi connectivity index (χ0) is 17.1. The Hall–Kier alpha value is -2.58. The highest BCUT2D eigenvalue weighted by molar-refractivity contribution is 5.87. The molecule has 130 valence electrons. The quantitative estimate of drug-likeness (QED) is 0.761. The summed E-state index contributed by atoms with van der Waals surface area (Å²) < 4.78 is 20.5. The van der Waals surface area contributed by atoms with Gasteiger partial charge < -0.3 is 10.1 Å². The Morgan fingerprint density at radius 2 is 2.08 bits per heavy atom. The van der Waals surface area contributed by atoms with E-state index in [9.17, 15) is 4.39 Å². The number of fused-ring (bicyclic) bond motifs is 1. The molecule has 2 aromatic heterocycles. The Morgan fingerprint density at radius 1 is 1.20 bits per heavy atom. The number of nitrogens with zero attached hydrogens (tertiary/aromatic N) is 5. The lowest BCUT2D eigenvalue weighted by Gasteiger charge is -2.26. The van der Waals surface area contributed by atoms with Crippen LogP contribution in [0, 0.1) is 5.82 Å². The molecule has 0 bridgehead atoms. The van der Waals surface area contributed by atoms with E-state index in [1.807, 2.05) is 0 Å². The van der Waals surface area contributed by atoms with Crippen molar-refractivity contribution >= 4 is 16.9 Å². The highest BCUT2D eigenvalue weighted by Crippen LogP contribution is 2.21. The SMILES string of the molecule is Fc1cccc(-n2ncc3c(NCCN4CCOCC4)ncnc32)c1. The van der Waals surface area contributed by atoms with Gasteiger partial charge in [0.15, 0.2) is 5.65 Å². The third kappa shape index (κ3) is 3.45. The van der Waals surface area contributed by atoms with Crippen molar-refractivity contribution in [1.82, 2.24) is 24.6 Å². The van der Waals surface area contributed by atoms with E-state index in [2.05, 4.69) is 25.3 Å². The van der Waals surface area contributed by atoms with E-state index in [0.717, 1.165) is 50.6 Å². The number of nitrogens with one attached hydrogen (secondary N) is 1. The standard InChI is InChI=1S/C17H19FN6O/c18-13-2-1-3-14(10-13)24-17-15(11-22-24)16(20-12-21-17)19-4-5-23-6-8-25-9-7-23/h1-3,10-12H,4-9H2,(H,19,20,21). The average molecular weight is 342 g/mol. The molecule has 25 heavy (non-hydrogen) atoms. The van der Waals surface area contributed by atoms with E-state index >= 15 is 0 Å². The molecule has 1 aromatic carbocycles. The molecule has 7 nitrogen and oxygen atoms in total. The summed E-state index contributed by atoms with van der Waals surface area (Å²) >= 11 is 0. The fourth-order valence-corrected chi connectivity index (χ4v) is 2.94. The Kier molecular flexibility index (Phi) is 4.53. The van der Waals surface area contributed by atoms with E-state index < -0.39 is 0 Å². The van der Waals surface area contributed by atoms with Crippen LogP contribution >= 0.6 is 0 Å². The summed E-state index contributed by atoms with van der Waals surface area (Å²) in [7, 11) is 0. The number of hydrogen-bond donors (Lipinski definition) is 1. The largest absolute Gasteiger partial charge is 0.379 e. The molecule has 8 heteroatoms. The summed E-state index contributed by atoms with van der Waals surface area (Å²) in [6, 6.07) is 6.28. The highest BCUT2D eigenvalue weighted by atomic mass is 19.1. The molecule has 1 aliphatic rings. The lowest BCUT2D eigenvalue weighted by atomic mass is 10.3. The molecule has 1 fully saturated rings. The van der Waals surface area contributed by atoms with Crippen LogP contribution in [0.15, 0.2) is 36.8 Å². The van der Waals surface area contributed by atoms with Gasteiger partial charge >= 0.3 is 0 Å². The minimum Gasteiger partial charge on any atom is -0.379 e. The first-order valence-electron chi connectivity index (χ1n) is 8.30. The first-order chi connectivity index (χ1) is 12.3. The van der Waals surface area contributed by atoms with E-state index in [1.165, 1.54) is 18.5 Å². The number of ether oxygens (including phenoxy) is 1. The topological polar surface area (TPSA) is 68.1 Å². The van der Waals surface area contributed by atoms with E-state index in [-0.39, 0.29) is 5.82 Å². The molecular weight excluding hydrogens is 323 g/mol. The van der Waals surface area contributed by atoms with Gasteiger partial charge in [-0.1, -0.05) is 6.07 Å². The number of aromatic nitrogens is 4. The minimum atomic E-state index is -0.306. The van der Waals surface area contributed by atoms with Crippen molar-refractivity contribution in [2.45, 2.75) is 0 Å². The molecule has 1 saturated heterocycles. The first-order valence-corrected chi connectivity index (χ1v) is 8.30. The Labute approximate surface area is 144 Å². The molecule has 1 N–H and O–H groups in total. The second-order valence-corrected chi connectivity index (χ2v) is 5.88. The maximum Gasteiger partial charge on any atom is 0.168 e. The number of halogens is 1. The zero-order valence-corrected chi connectivity index (χ0v) is 13.7. The molecule has 0 aliphatic carbocycles. The summed E-state index contributed by atoms with van der Waals surface area (Å²) in [6.07, 6.45) is 3.20. The van der Waals surface area contributed by atoms with Crippen molar-refractivity contribution in [3.63, 3.8) is 0 Å². The molecule has 0 saturated carbocycles. The van der Waals surface area contributed by atoms with Crippen molar-refractivity contribution in [2.75, 3.05) is 44.7 Å². The summed E-state index contributed by atoms with van der Waals surface area (Å²) in [4.78, 5) is 11.0. The van der Waals surface area contributed by atoms with Gasteiger partial charge in [-0.3, -0.25) is 4.90 Å². The number of hydrogen-bond acceptors (Lipinski definition) is 6. The smallest absolute Gasteiger partial charge is 0.168 e. The van der Waals surface area contributed by atoms with Crippen molar-refractivity contribution in [1.29, 1.82) is 0 Å². The van der Waals surface area contributed by atoms with E-state index in [4.69, 9.17) is 4.74 Å². The van der Waals surface area contributed by atoms with Crippen LogP contribution in [0.5, 0.6) is 0 Å². The summed E-state index contributed by atoms with van der Waals surface area (Å²) in [5.74, 6) is 0.431. The Bertz CT molecular complexity index is 861. The molecule has 4 rings (SSSR count). The molecule has 0 radical (unpaired) electrons. The van der Waals surface area contributed by atoms with Gasteiger partial charge in [0.05, 0.1) is 30.5 Å². The number of rotatable bonds is 5. The summed E-state index contributed by atoms with van der Waals surface area (Å²) in [5, 5.41) is 8.51. The van der Waals surface area contributed by atoms with Gasteiger partial charge in [-0.25, -0.2) is 19.0 Å². The third-order valence-corrected chi connectivity index (χ3v) is 4.24. The minimum absolute atomic E-state index is 0.306. The second-order valence-electron chi connectivity index (χ2n) is 5.88. The second kappa shape index (κ2) is 7.12. The number of anilines is 1. The van der Waals surface area contributed by atoms with Crippen LogP contribution in [0.1, 0.15) is 0 Å². The first kappa shape index (κ1) is 15.9. The van der Waals surface area contributed by atoms with Crippen LogP contribution in [0.2, 0.25) is 0 Å². The molecule has 3 heterocycles. The monoisotopic (exact) mass is 342 g/mol. The maximum absolute atomic E-state index is 13.5. The molecule has 1 aliphatic heterocycles. The molecule has 0 unspecified atom stereocenters. The van der Waals surface area contributed by atoms with Gasteiger partial charge in [0.1, 0.15) is 18.0 Å². The zero-order valence-electron chi connectivity index (χ0n) is 13.7. The predicted octanol–water partition coefficient (Wildman–Crippen LogP) is 1.70. The van der Waals surface area contributed by atoms with Gasteiger partial charge in [-0.2, -0.15) is 5.10 Å². The molecule has 3 aromatic rings. The molecule has 0 amide bonds. The number of benzene rings is 1. The van der Waals surface area contributed by atoms with Crippen molar-refractivity contribution in [3.8, 4) is 5.69 Å². The van der Waals surface area contributed by atoms with Crippen LogP contribution in [-0.4, -0.2) is 64.0 Å². The van der Waals surface area contributed by atoms with E-state index in [0.29, 0.717) is 11.3 Å². The average Bonchev–Trinajstić information content (AvgIpc) is 3.08. The van der Waals surface area contributed by atoms with Crippen molar-refractivity contribution < 1.29 is 9.13 Å². The van der Waals surface area contributed by atoms with Crippen LogP contribution < -0.4 is 5.32 Å². The van der Waals surface area contributed by atoms with Crippen LogP contribution in [0.3, 0.4) is 0 Å². The van der Waals surface area contributed by atoms with Crippen LogP contribution in [0.25, 0.3) is 16.7 Å². The molecule has 0 spiro atoms. The lowest BCUT2D eigenvalue weighted by Crippen LogP contribution is -2.39. The fourth-order valence-electron chi connectivity index (χ4n) is 2.94. The van der Waals surface area contributed by atoms with Crippen LogP contribution in [-0.2, 0) is 4.74 Å². The lowest BCUT2D eigenvalue weighted by molar-refractivity contribution is 0.0398. The van der Waals surface area contributed by atoms with Gasteiger partial charge in [0.25, 0.3) is 0 Å². The van der Waals surface area contributed by atoms with Gasteiger partial charge in [0, 0.05) is 26.2 Å². The van der Waals surface area contributed by atoms with Gasteiger partial charge in [-0.05, 0) is 18.2 Å². The van der Waals surface area contributed by atoms with Crippen LogP contribution in [0.4, 0.5) is 10.2 Å². The van der Waals surface area contributed by atoms with Crippen molar-refractivity contribution in [3.05, 3.63) is 42.6 Å². The Balaban J connectivity index is 1.52. The fraction of sp³-hybridized carbons (Fsp3) is 0.353. The summed E-state index contributed by atoms with van der Waals surface area (Å²) in [6.45, 7) is 5.19. The molecule has 0 atom stereocenters. The summed E-state index contributed by atoms with van der Waals surface area (Å²) in [5.41, 5.74) is 1.28.